The van der Waals surface area contributed by atoms with E-state index in [1.54, 1.807) is 0 Å². The van der Waals surface area contributed by atoms with Crippen molar-refractivity contribution in [1.82, 2.24) is 9.88 Å². The van der Waals surface area contributed by atoms with Crippen LogP contribution in [0.4, 0.5) is 0 Å². The lowest BCUT2D eigenvalue weighted by molar-refractivity contribution is -0.119. The number of Topliss-reactive ketones (excluding diaryl/α,β-unsaturated/α-hetero) is 1. The van der Waals surface area contributed by atoms with Crippen LogP contribution in [0.25, 0.3) is 0 Å². The van der Waals surface area contributed by atoms with E-state index in [1.807, 2.05) is 19.9 Å². The second-order valence-electron chi connectivity index (χ2n) is 4.37. The molecule has 1 aliphatic heterocycles. The first-order valence-electron chi connectivity index (χ1n) is 5.59. The van der Waals surface area contributed by atoms with Gasteiger partial charge < -0.3 is 9.88 Å². The summed E-state index contributed by atoms with van der Waals surface area (Å²) >= 11 is 5.58. The van der Waals surface area contributed by atoms with Gasteiger partial charge in [0.05, 0.1) is 11.9 Å². The van der Waals surface area contributed by atoms with Gasteiger partial charge >= 0.3 is 0 Å². The molecule has 0 aliphatic carbocycles. The van der Waals surface area contributed by atoms with Crippen molar-refractivity contribution >= 4 is 23.3 Å². The fraction of sp³-hybridized carbons (Fsp3) is 0.500. The molecule has 1 atom stereocenters. The van der Waals surface area contributed by atoms with Crippen molar-refractivity contribution in [2.45, 2.75) is 26.3 Å². The zero-order valence-corrected chi connectivity index (χ0v) is 10.7. The lowest BCUT2D eigenvalue weighted by atomic mass is 10.2. The number of carbonyl (C=O) groups excluding carboxylic acids is 2. The molecule has 92 valence electrons. The molecule has 1 aromatic heterocycles. The maximum Gasteiger partial charge on any atom is 0.222 e. The number of amides is 1. The molecule has 1 N–H and O–H groups in total. The minimum absolute atomic E-state index is 0.00780. The van der Waals surface area contributed by atoms with Crippen molar-refractivity contribution in [2.24, 2.45) is 0 Å². The van der Waals surface area contributed by atoms with E-state index in [2.05, 4.69) is 9.88 Å². The first kappa shape index (κ1) is 12.2. The summed E-state index contributed by atoms with van der Waals surface area (Å²) < 4.78 is 2.05. The Kier molecular flexibility index (Phi) is 3.24. The summed E-state index contributed by atoms with van der Waals surface area (Å²) in [5, 5.41) is 2.80. The van der Waals surface area contributed by atoms with Crippen LogP contribution < -0.4 is 5.32 Å². The summed E-state index contributed by atoms with van der Waals surface area (Å²) in [6.45, 7) is 4.47. The number of hydrogen-bond donors (Lipinski definition) is 1. The number of ketones is 1. The van der Waals surface area contributed by atoms with Crippen LogP contribution in [0.5, 0.6) is 0 Å². The number of hydrogen-bond acceptors (Lipinski definition) is 2. The third kappa shape index (κ3) is 2.09. The Morgan fingerprint density at radius 2 is 2.29 bits per heavy atom. The van der Waals surface area contributed by atoms with Crippen molar-refractivity contribution < 1.29 is 9.59 Å². The zero-order chi connectivity index (χ0) is 12.6. The van der Waals surface area contributed by atoms with Crippen LogP contribution >= 0.6 is 11.6 Å². The molecule has 0 spiro atoms. The van der Waals surface area contributed by atoms with E-state index in [0.717, 1.165) is 11.4 Å². The number of halogens is 1. The largest absolute Gasteiger partial charge is 0.354 e. The molecular weight excluding hydrogens is 240 g/mol. The number of alkyl halides is 1. The van der Waals surface area contributed by atoms with Gasteiger partial charge in [-0.3, -0.25) is 9.59 Å². The summed E-state index contributed by atoms with van der Waals surface area (Å²) in [6, 6.07) is 1.96. The monoisotopic (exact) mass is 254 g/mol. The van der Waals surface area contributed by atoms with Gasteiger partial charge in [0, 0.05) is 29.9 Å². The van der Waals surface area contributed by atoms with Crippen LogP contribution in [-0.2, 0) is 4.79 Å². The van der Waals surface area contributed by atoms with Crippen LogP contribution in [0.15, 0.2) is 6.07 Å². The Morgan fingerprint density at radius 3 is 2.82 bits per heavy atom. The second-order valence-corrected chi connectivity index (χ2v) is 4.64. The number of aromatic nitrogens is 1. The van der Waals surface area contributed by atoms with Gasteiger partial charge in [-0.15, -0.1) is 11.6 Å². The Labute approximate surface area is 105 Å². The summed E-state index contributed by atoms with van der Waals surface area (Å²) in [6.07, 6.45) is 0.477. The Morgan fingerprint density at radius 1 is 1.59 bits per heavy atom. The molecular formula is C12H15ClN2O2. The highest BCUT2D eigenvalue weighted by atomic mass is 35.5. The van der Waals surface area contributed by atoms with E-state index < -0.39 is 0 Å². The second kappa shape index (κ2) is 4.53. The van der Waals surface area contributed by atoms with Crippen LogP contribution in [-0.4, -0.2) is 28.7 Å². The zero-order valence-electron chi connectivity index (χ0n) is 9.92. The summed E-state index contributed by atoms with van der Waals surface area (Å²) in [4.78, 5) is 22.9. The predicted octanol–water partition coefficient (Wildman–Crippen LogP) is 1.59. The first-order chi connectivity index (χ1) is 8.04. The molecule has 17 heavy (non-hydrogen) atoms. The highest BCUT2D eigenvalue weighted by Gasteiger charge is 2.26. The quantitative estimate of drug-likeness (QED) is 0.658. The molecule has 1 saturated heterocycles. The molecule has 0 bridgehead atoms. The van der Waals surface area contributed by atoms with E-state index in [1.165, 1.54) is 0 Å². The number of rotatable bonds is 3. The van der Waals surface area contributed by atoms with Gasteiger partial charge in [0.15, 0.2) is 5.78 Å². The van der Waals surface area contributed by atoms with E-state index in [9.17, 15) is 9.59 Å². The molecule has 5 heteroatoms. The maximum absolute atomic E-state index is 11.7. The van der Waals surface area contributed by atoms with E-state index in [-0.39, 0.29) is 23.6 Å². The van der Waals surface area contributed by atoms with Gasteiger partial charge in [-0.05, 0) is 19.9 Å². The van der Waals surface area contributed by atoms with Crippen molar-refractivity contribution in [2.75, 3.05) is 12.4 Å². The maximum atomic E-state index is 11.7. The van der Waals surface area contributed by atoms with E-state index in [0.29, 0.717) is 18.5 Å². The number of nitrogens with one attached hydrogen (secondary N) is 1. The van der Waals surface area contributed by atoms with Crippen molar-refractivity contribution in [3.8, 4) is 0 Å². The van der Waals surface area contributed by atoms with Crippen LogP contribution in [0.1, 0.15) is 34.2 Å². The summed E-state index contributed by atoms with van der Waals surface area (Å²) in [7, 11) is 0. The van der Waals surface area contributed by atoms with Gasteiger partial charge in [0.25, 0.3) is 0 Å². The Bertz CT molecular complexity index is 479. The lowest BCUT2D eigenvalue weighted by Crippen LogP contribution is -2.17. The molecule has 1 aliphatic rings. The Balaban J connectivity index is 2.38. The molecule has 0 radical (unpaired) electrons. The Hall–Kier alpha value is -1.29. The number of nitrogens with zero attached hydrogens (tertiary/aromatic N) is 1. The predicted molar refractivity (Wildman–Crippen MR) is 65.6 cm³/mol. The topological polar surface area (TPSA) is 51.1 Å². The minimum Gasteiger partial charge on any atom is -0.354 e. The van der Waals surface area contributed by atoms with Gasteiger partial charge in [0.2, 0.25) is 5.91 Å². The molecule has 1 unspecified atom stereocenters. The van der Waals surface area contributed by atoms with E-state index >= 15 is 0 Å². The molecule has 1 amide bonds. The molecule has 2 heterocycles. The molecule has 1 fully saturated rings. The van der Waals surface area contributed by atoms with E-state index in [4.69, 9.17) is 11.6 Å². The van der Waals surface area contributed by atoms with Crippen molar-refractivity contribution in [1.29, 1.82) is 0 Å². The van der Waals surface area contributed by atoms with Crippen molar-refractivity contribution in [3.05, 3.63) is 23.0 Å². The van der Waals surface area contributed by atoms with Crippen LogP contribution in [0.3, 0.4) is 0 Å². The molecule has 1 aromatic rings. The SMILES string of the molecule is Cc1cc(C(=O)CCl)c(C)n1C1CNC(=O)C1. The fourth-order valence-corrected chi connectivity index (χ4v) is 2.61. The number of carbonyl (C=O) groups is 2. The normalized spacial score (nSPS) is 19.5. The third-order valence-corrected chi connectivity index (χ3v) is 3.47. The molecule has 2 rings (SSSR count). The minimum atomic E-state index is -0.0664. The van der Waals surface area contributed by atoms with Gasteiger partial charge in [0.1, 0.15) is 0 Å². The summed E-state index contributed by atoms with van der Waals surface area (Å²) in [5.41, 5.74) is 2.56. The lowest BCUT2D eigenvalue weighted by Gasteiger charge is -2.15. The molecule has 0 aromatic carbocycles. The fourth-order valence-electron chi connectivity index (χ4n) is 2.47. The standard InChI is InChI=1S/C12H15ClN2O2/c1-7-3-10(11(16)5-13)8(2)15(7)9-4-12(17)14-6-9/h3,9H,4-6H2,1-2H3,(H,14,17). The molecule has 0 saturated carbocycles. The average molecular weight is 255 g/mol. The van der Waals surface area contributed by atoms with Gasteiger partial charge in [-0.2, -0.15) is 0 Å². The van der Waals surface area contributed by atoms with Crippen LogP contribution in [0, 0.1) is 13.8 Å². The van der Waals surface area contributed by atoms with Crippen LogP contribution in [0.2, 0.25) is 0 Å². The van der Waals surface area contributed by atoms with Crippen molar-refractivity contribution in [3.63, 3.8) is 0 Å². The highest BCUT2D eigenvalue weighted by molar-refractivity contribution is 6.30. The summed E-state index contributed by atoms with van der Waals surface area (Å²) in [5.74, 6) is -0.0115. The highest BCUT2D eigenvalue weighted by Crippen LogP contribution is 2.25. The molecule has 4 nitrogen and oxygen atoms in total. The smallest absolute Gasteiger partial charge is 0.222 e. The third-order valence-electron chi connectivity index (χ3n) is 3.23. The van der Waals surface area contributed by atoms with Gasteiger partial charge in [-0.25, -0.2) is 0 Å². The van der Waals surface area contributed by atoms with Gasteiger partial charge in [-0.1, -0.05) is 0 Å². The average Bonchev–Trinajstić information content (AvgIpc) is 2.82. The first-order valence-corrected chi connectivity index (χ1v) is 6.12. The number of aryl methyl sites for hydroxylation is 1.